The molecule has 234 valence electrons. The quantitative estimate of drug-likeness (QED) is 0.185. The van der Waals surface area contributed by atoms with Crippen LogP contribution in [0.25, 0.3) is 100 Å². The van der Waals surface area contributed by atoms with E-state index in [2.05, 4.69) is 0 Å². The van der Waals surface area contributed by atoms with E-state index in [-0.39, 0.29) is 50.5 Å². The summed E-state index contributed by atoms with van der Waals surface area (Å²) in [5, 5.41) is 1.40. The van der Waals surface area contributed by atoms with Gasteiger partial charge < -0.3 is 8.83 Å². The van der Waals surface area contributed by atoms with Gasteiger partial charge in [-0.05, 0) is 58.6 Å². The Morgan fingerprint density at radius 3 is 1.90 bits per heavy atom. The van der Waals surface area contributed by atoms with Gasteiger partial charge in [-0.25, -0.2) is 15.0 Å². The fraction of sp³-hybridized carbons (Fsp3) is 0. The summed E-state index contributed by atoms with van der Waals surface area (Å²) in [6.45, 7) is 0. The summed E-state index contributed by atoms with van der Waals surface area (Å²) in [7, 11) is 0. The zero-order chi connectivity index (χ0) is 42.6. The lowest BCUT2D eigenvalue weighted by Gasteiger charge is -2.09. The van der Waals surface area contributed by atoms with E-state index in [4.69, 9.17) is 34.8 Å². The second kappa shape index (κ2) is 11.4. The van der Waals surface area contributed by atoms with E-state index in [9.17, 15) is 4.11 Å². The molecular formula is C45H27N3O2. The van der Waals surface area contributed by atoms with Gasteiger partial charge in [0.25, 0.3) is 0 Å². The minimum absolute atomic E-state index is 0.137. The molecule has 0 saturated heterocycles. The van der Waals surface area contributed by atoms with Crippen LogP contribution in [0.4, 0.5) is 0 Å². The molecule has 3 heterocycles. The van der Waals surface area contributed by atoms with E-state index >= 15 is 0 Å². The second-order valence-corrected chi connectivity index (χ2v) is 11.6. The molecule has 0 saturated carbocycles. The lowest BCUT2D eigenvalue weighted by molar-refractivity contribution is 0.668. The molecule has 10 aromatic rings. The first-order valence-electron chi connectivity index (χ1n) is 21.2. The van der Waals surface area contributed by atoms with Crippen molar-refractivity contribution < 1.29 is 23.9 Å². The first-order valence-corrected chi connectivity index (χ1v) is 15.7. The number of aromatic nitrogens is 3. The number of rotatable bonds is 5. The molecule has 0 atom stereocenters. The molecule has 0 aliphatic heterocycles. The summed E-state index contributed by atoms with van der Waals surface area (Å²) < 4.78 is 109. The van der Waals surface area contributed by atoms with Crippen molar-refractivity contribution in [2.75, 3.05) is 0 Å². The molecule has 0 spiro atoms. The van der Waals surface area contributed by atoms with Gasteiger partial charge in [-0.1, -0.05) is 127 Å². The van der Waals surface area contributed by atoms with Crippen molar-refractivity contribution in [1.29, 1.82) is 0 Å². The molecule has 0 fully saturated rings. The van der Waals surface area contributed by atoms with Crippen LogP contribution in [-0.4, -0.2) is 15.0 Å². The molecule has 0 aliphatic carbocycles. The number of furan rings is 2. The zero-order valence-corrected chi connectivity index (χ0v) is 25.9. The minimum Gasteiger partial charge on any atom is -0.456 e. The third-order valence-corrected chi connectivity index (χ3v) is 8.57. The summed E-state index contributed by atoms with van der Waals surface area (Å²) in [6.07, 6.45) is 0. The monoisotopic (exact) mass is 652 g/mol. The topological polar surface area (TPSA) is 65.0 Å². The lowest BCUT2D eigenvalue weighted by Crippen LogP contribution is -2.00. The molecule has 0 amide bonds. The molecule has 0 N–H and O–H groups in total. The Morgan fingerprint density at radius 1 is 0.400 bits per heavy atom. The summed E-state index contributed by atoms with van der Waals surface area (Å²) in [5.41, 5.74) is 2.71. The first-order chi connectivity index (χ1) is 29.3. The van der Waals surface area contributed by atoms with Crippen molar-refractivity contribution in [3.63, 3.8) is 0 Å². The van der Waals surface area contributed by atoms with Crippen molar-refractivity contribution in [2.45, 2.75) is 0 Å². The number of hydrogen-bond acceptors (Lipinski definition) is 5. The predicted octanol–water partition coefficient (Wildman–Crippen LogP) is 12.0. The molecule has 10 rings (SSSR count). The van der Waals surface area contributed by atoms with Gasteiger partial charge in [-0.3, -0.25) is 0 Å². The van der Waals surface area contributed by atoms with Crippen LogP contribution in [-0.2, 0) is 0 Å². The van der Waals surface area contributed by atoms with Crippen LogP contribution in [0.2, 0.25) is 0 Å². The first kappa shape index (κ1) is 19.2. The Hall–Kier alpha value is -6.85. The predicted molar refractivity (Wildman–Crippen MR) is 202 cm³/mol. The van der Waals surface area contributed by atoms with Gasteiger partial charge in [0.2, 0.25) is 0 Å². The average Bonchev–Trinajstić information content (AvgIpc) is 3.87. The van der Waals surface area contributed by atoms with Crippen LogP contribution >= 0.6 is 0 Å². The summed E-state index contributed by atoms with van der Waals surface area (Å²) in [4.78, 5) is 14.4. The van der Waals surface area contributed by atoms with E-state index in [1.165, 1.54) is 0 Å². The van der Waals surface area contributed by atoms with Crippen LogP contribution in [0.15, 0.2) is 172 Å². The maximum absolute atomic E-state index is 9.50. The van der Waals surface area contributed by atoms with Crippen molar-refractivity contribution in [2.24, 2.45) is 0 Å². The van der Waals surface area contributed by atoms with Crippen molar-refractivity contribution in [3.8, 4) is 56.4 Å². The Balaban J connectivity index is 1.23. The van der Waals surface area contributed by atoms with Gasteiger partial charge >= 0.3 is 0 Å². The van der Waals surface area contributed by atoms with Crippen molar-refractivity contribution in [3.05, 3.63) is 164 Å². The average molecular weight is 653 g/mol. The summed E-state index contributed by atoms with van der Waals surface area (Å²) in [6, 6.07) is 23.8. The van der Waals surface area contributed by atoms with Crippen molar-refractivity contribution >= 4 is 43.9 Å². The van der Waals surface area contributed by atoms with Gasteiger partial charge in [-0.15, -0.1) is 0 Å². The molecule has 3 aromatic heterocycles. The van der Waals surface area contributed by atoms with Crippen LogP contribution in [0, 0.1) is 0 Å². The normalized spacial score (nSPS) is 14.7. The van der Waals surface area contributed by atoms with Crippen molar-refractivity contribution in [1.82, 2.24) is 15.0 Å². The van der Waals surface area contributed by atoms with Gasteiger partial charge in [0.1, 0.15) is 22.3 Å². The lowest BCUT2D eigenvalue weighted by atomic mass is 9.99. The molecule has 7 aromatic carbocycles. The van der Waals surface area contributed by atoms with E-state index < -0.39 is 72.0 Å². The van der Waals surface area contributed by atoms with Crippen LogP contribution in [0.3, 0.4) is 0 Å². The fourth-order valence-electron chi connectivity index (χ4n) is 6.18. The molecule has 50 heavy (non-hydrogen) atoms. The standard InChI is InChI=1S/C45H27N3O2/c1-3-10-28(11-4-1)29-18-20-31(21-19-29)43-46-44(32-22-24-36-35-14-7-8-16-38(35)49-40(36)26-32)48-45(47-43)33-23-25-37-41(27-33)50-39-17-9-15-34(42(37)39)30-12-5-2-6-13-30/h1-27H/i2D,5D,6D,9D,12D,13D,15D,17D,23D,25D,27D. The molecule has 5 heteroatoms. The highest BCUT2D eigenvalue weighted by atomic mass is 16.3. The fourth-order valence-corrected chi connectivity index (χ4v) is 6.18. The summed E-state index contributed by atoms with van der Waals surface area (Å²) in [5.74, 6) is 0.245. The van der Waals surface area contributed by atoms with Crippen LogP contribution in [0.1, 0.15) is 15.1 Å². The van der Waals surface area contributed by atoms with E-state index in [0.29, 0.717) is 22.3 Å². The van der Waals surface area contributed by atoms with Gasteiger partial charge in [0.05, 0.1) is 15.1 Å². The minimum atomic E-state index is -0.691. The van der Waals surface area contributed by atoms with Gasteiger partial charge in [0.15, 0.2) is 17.5 Å². The smallest absolute Gasteiger partial charge is 0.164 e. The molecule has 5 nitrogen and oxygen atoms in total. The summed E-state index contributed by atoms with van der Waals surface area (Å²) >= 11 is 0. The number of benzene rings is 7. The highest BCUT2D eigenvalue weighted by Crippen LogP contribution is 2.38. The van der Waals surface area contributed by atoms with E-state index in [1.807, 2.05) is 91.0 Å². The molecule has 0 unspecified atom stereocenters. The second-order valence-electron chi connectivity index (χ2n) is 11.6. The number of hydrogen-bond donors (Lipinski definition) is 0. The van der Waals surface area contributed by atoms with Gasteiger partial charge in [0, 0.05) is 38.2 Å². The maximum atomic E-state index is 9.50. The van der Waals surface area contributed by atoms with E-state index in [0.717, 1.165) is 21.9 Å². The molecule has 0 aliphatic rings. The zero-order valence-electron chi connectivity index (χ0n) is 36.9. The van der Waals surface area contributed by atoms with Crippen LogP contribution < -0.4 is 0 Å². The highest BCUT2D eigenvalue weighted by Gasteiger charge is 2.17. The Labute approximate surface area is 302 Å². The number of fused-ring (bicyclic) bond motifs is 6. The third kappa shape index (κ3) is 4.75. The Bertz CT molecular complexity index is 3470. The Kier molecular flexibility index (Phi) is 4.38. The largest absolute Gasteiger partial charge is 0.456 e. The Morgan fingerprint density at radius 2 is 1.06 bits per heavy atom. The highest BCUT2D eigenvalue weighted by molar-refractivity contribution is 6.13. The maximum Gasteiger partial charge on any atom is 0.164 e. The third-order valence-electron chi connectivity index (χ3n) is 8.57. The molecular weight excluding hydrogens is 615 g/mol. The SMILES string of the molecule is [2H]c1c([2H])c([2H])c(-c2c([2H])c([2H])c([2H])c3oc4c([2H])c(-c5nc(-c6ccc(-c7ccccc7)cc6)nc(-c6ccc7c(c6)oc6ccccc67)n5)c([2H])c([2H])c4c23)c([2H])c1[2H]. The van der Waals surface area contributed by atoms with Crippen LogP contribution in [0.5, 0.6) is 0 Å². The number of para-hydroxylation sites is 1. The molecule has 0 radical (unpaired) electrons. The number of nitrogens with zero attached hydrogens (tertiary/aromatic N) is 3. The van der Waals surface area contributed by atoms with E-state index in [1.54, 1.807) is 6.07 Å². The molecule has 0 bridgehead atoms. The van der Waals surface area contributed by atoms with Gasteiger partial charge in [-0.2, -0.15) is 0 Å².